The molecule has 0 spiro atoms. The highest BCUT2D eigenvalue weighted by Crippen LogP contribution is 2.48. The maximum Gasteiger partial charge on any atom is 0.225 e. The van der Waals surface area contributed by atoms with E-state index >= 15 is 0 Å². The molecule has 2 saturated carbocycles. The number of anilines is 1. The van der Waals surface area contributed by atoms with Crippen LogP contribution >= 0.6 is 0 Å². The van der Waals surface area contributed by atoms with Gasteiger partial charge in [0.05, 0.1) is 0 Å². The number of hydrogen-bond acceptors (Lipinski definition) is 4. The molecule has 0 saturated heterocycles. The SMILES string of the molecule is CN(CC1CC2CCC1C2)c1ncc(CN)cn1. The molecule has 3 unspecified atom stereocenters. The average Bonchev–Trinajstić information content (AvgIpc) is 3.01. The monoisotopic (exact) mass is 246 g/mol. The van der Waals surface area contributed by atoms with Gasteiger partial charge < -0.3 is 10.6 Å². The fourth-order valence-electron chi connectivity index (χ4n) is 3.68. The third-order valence-electron chi connectivity index (χ3n) is 4.66. The number of nitrogens with two attached hydrogens (primary N) is 1. The fourth-order valence-corrected chi connectivity index (χ4v) is 3.68. The molecule has 4 heteroatoms. The van der Waals surface area contributed by atoms with Crippen LogP contribution in [0.3, 0.4) is 0 Å². The minimum Gasteiger partial charge on any atom is -0.344 e. The summed E-state index contributed by atoms with van der Waals surface area (Å²) in [6, 6.07) is 0. The first-order valence-electron chi connectivity index (χ1n) is 6.98. The van der Waals surface area contributed by atoms with Crippen LogP contribution in [0.1, 0.15) is 31.2 Å². The van der Waals surface area contributed by atoms with Gasteiger partial charge >= 0.3 is 0 Å². The highest BCUT2D eigenvalue weighted by atomic mass is 15.2. The molecule has 2 fully saturated rings. The lowest BCUT2D eigenvalue weighted by molar-refractivity contribution is 0.336. The summed E-state index contributed by atoms with van der Waals surface area (Å²) in [6.45, 7) is 1.61. The van der Waals surface area contributed by atoms with E-state index in [2.05, 4.69) is 21.9 Å². The lowest BCUT2D eigenvalue weighted by atomic mass is 9.88. The fraction of sp³-hybridized carbons (Fsp3) is 0.714. The van der Waals surface area contributed by atoms with Gasteiger partial charge in [0.25, 0.3) is 0 Å². The largest absolute Gasteiger partial charge is 0.344 e. The smallest absolute Gasteiger partial charge is 0.225 e. The van der Waals surface area contributed by atoms with E-state index in [4.69, 9.17) is 5.73 Å². The second-order valence-corrected chi connectivity index (χ2v) is 5.91. The Hall–Kier alpha value is -1.16. The molecule has 18 heavy (non-hydrogen) atoms. The van der Waals surface area contributed by atoms with E-state index in [9.17, 15) is 0 Å². The van der Waals surface area contributed by atoms with Crippen molar-refractivity contribution in [3.05, 3.63) is 18.0 Å². The zero-order valence-corrected chi connectivity index (χ0v) is 11.0. The molecule has 1 heterocycles. The molecule has 0 radical (unpaired) electrons. The minimum atomic E-state index is 0.510. The molecule has 2 aliphatic carbocycles. The zero-order chi connectivity index (χ0) is 12.5. The van der Waals surface area contributed by atoms with Gasteiger partial charge in [-0.25, -0.2) is 9.97 Å². The normalized spacial score (nSPS) is 29.8. The van der Waals surface area contributed by atoms with E-state index in [0.29, 0.717) is 6.54 Å². The van der Waals surface area contributed by atoms with Crippen molar-refractivity contribution in [3.8, 4) is 0 Å². The van der Waals surface area contributed by atoms with Crippen molar-refractivity contribution in [3.63, 3.8) is 0 Å². The first-order valence-corrected chi connectivity index (χ1v) is 6.98. The van der Waals surface area contributed by atoms with Crippen LogP contribution in [-0.4, -0.2) is 23.6 Å². The van der Waals surface area contributed by atoms with E-state index in [1.54, 1.807) is 0 Å². The first kappa shape index (κ1) is 11.9. The quantitative estimate of drug-likeness (QED) is 0.880. The number of rotatable bonds is 4. The molecule has 0 amide bonds. The average molecular weight is 246 g/mol. The third kappa shape index (κ3) is 2.21. The summed E-state index contributed by atoms with van der Waals surface area (Å²) in [5, 5.41) is 0. The summed E-state index contributed by atoms with van der Waals surface area (Å²) in [5.41, 5.74) is 6.55. The highest BCUT2D eigenvalue weighted by Gasteiger charge is 2.39. The summed E-state index contributed by atoms with van der Waals surface area (Å²) in [4.78, 5) is 11.0. The summed E-state index contributed by atoms with van der Waals surface area (Å²) >= 11 is 0. The lowest BCUT2D eigenvalue weighted by Crippen LogP contribution is -2.29. The maximum absolute atomic E-state index is 5.56. The van der Waals surface area contributed by atoms with Crippen LogP contribution in [0.15, 0.2) is 12.4 Å². The Morgan fingerprint density at radius 2 is 2.06 bits per heavy atom. The van der Waals surface area contributed by atoms with Crippen LogP contribution < -0.4 is 10.6 Å². The molecular weight excluding hydrogens is 224 g/mol. The summed E-state index contributed by atoms with van der Waals surface area (Å²) in [5.74, 6) is 3.65. The Balaban J connectivity index is 1.62. The van der Waals surface area contributed by atoms with Gasteiger partial charge in [0.15, 0.2) is 0 Å². The van der Waals surface area contributed by atoms with Gasteiger partial charge in [-0.05, 0) is 37.0 Å². The van der Waals surface area contributed by atoms with E-state index in [0.717, 1.165) is 35.8 Å². The predicted octanol–water partition coefficient (Wildman–Crippen LogP) is 1.81. The van der Waals surface area contributed by atoms with Crippen LogP contribution in [-0.2, 0) is 6.54 Å². The topological polar surface area (TPSA) is 55.0 Å². The Morgan fingerprint density at radius 3 is 2.61 bits per heavy atom. The van der Waals surface area contributed by atoms with Gasteiger partial charge in [-0.15, -0.1) is 0 Å². The second-order valence-electron chi connectivity index (χ2n) is 5.91. The standard InChI is InChI=1S/C14H22N4/c1-18(14-16-7-11(6-15)8-17-14)9-13-5-10-2-3-12(13)4-10/h7-8,10,12-13H,2-6,9,15H2,1H3. The molecule has 2 bridgehead atoms. The van der Waals surface area contributed by atoms with Gasteiger partial charge in [-0.1, -0.05) is 6.42 Å². The van der Waals surface area contributed by atoms with E-state index in [1.807, 2.05) is 12.4 Å². The lowest BCUT2D eigenvalue weighted by Gasteiger charge is -2.27. The van der Waals surface area contributed by atoms with Crippen LogP contribution in [0.5, 0.6) is 0 Å². The maximum atomic E-state index is 5.56. The Labute approximate surface area is 109 Å². The number of hydrogen-bond donors (Lipinski definition) is 1. The first-order chi connectivity index (χ1) is 8.76. The predicted molar refractivity (Wildman–Crippen MR) is 72.1 cm³/mol. The molecule has 98 valence electrons. The summed E-state index contributed by atoms with van der Waals surface area (Å²) in [7, 11) is 2.10. The van der Waals surface area contributed by atoms with Crippen molar-refractivity contribution in [2.24, 2.45) is 23.5 Å². The van der Waals surface area contributed by atoms with Crippen molar-refractivity contribution < 1.29 is 0 Å². The van der Waals surface area contributed by atoms with Crippen molar-refractivity contribution >= 4 is 5.95 Å². The van der Waals surface area contributed by atoms with Crippen molar-refractivity contribution in [2.75, 3.05) is 18.5 Å². The number of nitrogens with zero attached hydrogens (tertiary/aromatic N) is 3. The molecule has 3 rings (SSSR count). The van der Waals surface area contributed by atoms with E-state index in [-0.39, 0.29) is 0 Å². The molecule has 2 aliphatic rings. The van der Waals surface area contributed by atoms with Crippen LogP contribution in [0.25, 0.3) is 0 Å². The van der Waals surface area contributed by atoms with Crippen molar-refractivity contribution in [1.29, 1.82) is 0 Å². The molecule has 4 nitrogen and oxygen atoms in total. The molecule has 1 aromatic heterocycles. The Kier molecular flexibility index (Phi) is 3.20. The van der Waals surface area contributed by atoms with E-state index < -0.39 is 0 Å². The summed E-state index contributed by atoms with van der Waals surface area (Å²) in [6.07, 6.45) is 9.45. The number of fused-ring (bicyclic) bond motifs is 2. The molecule has 0 aromatic carbocycles. The van der Waals surface area contributed by atoms with Gasteiger partial charge in [0, 0.05) is 38.1 Å². The molecular formula is C14H22N4. The molecule has 0 aliphatic heterocycles. The zero-order valence-electron chi connectivity index (χ0n) is 11.0. The molecule has 3 atom stereocenters. The van der Waals surface area contributed by atoms with E-state index in [1.165, 1.54) is 25.7 Å². The van der Waals surface area contributed by atoms with Crippen molar-refractivity contribution in [2.45, 2.75) is 32.2 Å². The van der Waals surface area contributed by atoms with Gasteiger partial charge in [0.1, 0.15) is 0 Å². The minimum absolute atomic E-state index is 0.510. The van der Waals surface area contributed by atoms with Crippen LogP contribution in [0.4, 0.5) is 5.95 Å². The molecule has 2 N–H and O–H groups in total. The second kappa shape index (κ2) is 4.84. The third-order valence-corrected chi connectivity index (χ3v) is 4.66. The van der Waals surface area contributed by atoms with Crippen molar-refractivity contribution in [1.82, 2.24) is 9.97 Å². The van der Waals surface area contributed by atoms with Gasteiger partial charge in [0.2, 0.25) is 5.95 Å². The van der Waals surface area contributed by atoms with Crippen LogP contribution in [0, 0.1) is 17.8 Å². The summed E-state index contributed by atoms with van der Waals surface area (Å²) < 4.78 is 0. The Bertz CT molecular complexity index is 403. The highest BCUT2D eigenvalue weighted by molar-refractivity contribution is 5.28. The number of aromatic nitrogens is 2. The van der Waals surface area contributed by atoms with Gasteiger partial charge in [-0.2, -0.15) is 0 Å². The Morgan fingerprint density at radius 1 is 1.28 bits per heavy atom. The van der Waals surface area contributed by atoms with Gasteiger partial charge in [-0.3, -0.25) is 0 Å². The molecule has 1 aromatic rings. The van der Waals surface area contributed by atoms with Crippen LogP contribution in [0.2, 0.25) is 0 Å².